The van der Waals surface area contributed by atoms with Crippen LogP contribution in [0.3, 0.4) is 0 Å². The summed E-state index contributed by atoms with van der Waals surface area (Å²) in [4.78, 5) is 2.25. The van der Waals surface area contributed by atoms with Crippen molar-refractivity contribution < 1.29 is 4.39 Å². The largest absolute Gasteiger partial charge is 0.396 e. The first-order valence-corrected chi connectivity index (χ1v) is 5.86. The fourth-order valence-corrected chi connectivity index (χ4v) is 2.59. The molecule has 2 rings (SSSR count). The van der Waals surface area contributed by atoms with Gasteiger partial charge in [-0.05, 0) is 36.5 Å². The van der Waals surface area contributed by atoms with Crippen LogP contribution in [-0.4, -0.2) is 13.1 Å². The number of hydrogen-bond donors (Lipinski definition) is 1. The molecular weight excluding hydrogens is 203 g/mol. The van der Waals surface area contributed by atoms with Crippen LogP contribution in [0, 0.1) is 17.7 Å². The second kappa shape index (κ2) is 4.32. The molecule has 2 atom stereocenters. The van der Waals surface area contributed by atoms with Gasteiger partial charge in [-0.1, -0.05) is 13.8 Å². The minimum absolute atomic E-state index is 0.224. The van der Waals surface area contributed by atoms with Gasteiger partial charge >= 0.3 is 0 Å². The van der Waals surface area contributed by atoms with Gasteiger partial charge in [0.1, 0.15) is 5.82 Å². The predicted molar refractivity (Wildman–Crippen MR) is 66.0 cm³/mol. The molecule has 2 N–H and O–H groups in total. The van der Waals surface area contributed by atoms with Crippen LogP contribution >= 0.6 is 0 Å². The van der Waals surface area contributed by atoms with E-state index in [-0.39, 0.29) is 11.5 Å². The maximum absolute atomic E-state index is 13.4. The Morgan fingerprint density at radius 2 is 1.88 bits per heavy atom. The van der Waals surface area contributed by atoms with Crippen LogP contribution in [0.15, 0.2) is 18.2 Å². The van der Waals surface area contributed by atoms with Crippen LogP contribution in [0.25, 0.3) is 0 Å². The number of hydrogen-bond acceptors (Lipinski definition) is 2. The Balaban J connectivity index is 2.19. The Kier molecular flexibility index (Phi) is 3.03. The first-order valence-electron chi connectivity index (χ1n) is 5.86. The molecule has 2 nitrogen and oxygen atoms in total. The predicted octanol–water partition coefficient (Wildman–Crippen LogP) is 2.89. The van der Waals surface area contributed by atoms with Crippen molar-refractivity contribution in [3.63, 3.8) is 0 Å². The molecule has 1 saturated heterocycles. The van der Waals surface area contributed by atoms with E-state index in [1.807, 2.05) is 6.07 Å². The van der Waals surface area contributed by atoms with E-state index in [9.17, 15) is 4.39 Å². The highest BCUT2D eigenvalue weighted by Gasteiger charge is 2.22. The van der Waals surface area contributed by atoms with Gasteiger partial charge in [0.2, 0.25) is 0 Å². The number of nitrogen functional groups attached to an aromatic ring is 1. The van der Waals surface area contributed by atoms with Crippen LogP contribution in [-0.2, 0) is 0 Å². The third-order valence-corrected chi connectivity index (χ3v) is 3.22. The average Bonchev–Trinajstić information content (AvgIpc) is 2.20. The lowest BCUT2D eigenvalue weighted by molar-refractivity contribution is 0.356. The fraction of sp³-hybridized carbons (Fsp3) is 0.538. The van der Waals surface area contributed by atoms with Crippen molar-refractivity contribution in [3.05, 3.63) is 24.0 Å². The topological polar surface area (TPSA) is 29.3 Å². The summed E-state index contributed by atoms with van der Waals surface area (Å²) in [6, 6.07) is 5.10. The van der Waals surface area contributed by atoms with Gasteiger partial charge < -0.3 is 10.6 Å². The van der Waals surface area contributed by atoms with Crippen LogP contribution in [0.5, 0.6) is 0 Å². The molecule has 3 heteroatoms. The molecule has 1 fully saturated rings. The van der Waals surface area contributed by atoms with Gasteiger partial charge in [-0.25, -0.2) is 4.39 Å². The summed E-state index contributed by atoms with van der Waals surface area (Å²) < 4.78 is 13.4. The van der Waals surface area contributed by atoms with E-state index in [1.165, 1.54) is 6.42 Å². The zero-order chi connectivity index (χ0) is 11.7. The Bertz CT molecular complexity index is 368. The quantitative estimate of drug-likeness (QED) is 0.740. The smallest absolute Gasteiger partial charge is 0.148 e. The van der Waals surface area contributed by atoms with Gasteiger partial charge in [0.15, 0.2) is 0 Å². The van der Waals surface area contributed by atoms with Crippen LogP contribution in [0.2, 0.25) is 0 Å². The van der Waals surface area contributed by atoms with Gasteiger partial charge in [-0.15, -0.1) is 0 Å². The maximum Gasteiger partial charge on any atom is 0.148 e. The molecule has 0 aromatic heterocycles. The first kappa shape index (κ1) is 11.2. The number of rotatable bonds is 1. The van der Waals surface area contributed by atoms with Crippen molar-refractivity contribution in [2.75, 3.05) is 23.7 Å². The van der Waals surface area contributed by atoms with Crippen molar-refractivity contribution >= 4 is 11.4 Å². The normalized spacial score (nSPS) is 25.8. The number of nitrogens with zero attached hydrogens (tertiary/aromatic N) is 1. The van der Waals surface area contributed by atoms with Crippen LogP contribution < -0.4 is 10.6 Å². The van der Waals surface area contributed by atoms with Gasteiger partial charge in [-0.3, -0.25) is 0 Å². The number of anilines is 2. The molecule has 16 heavy (non-hydrogen) atoms. The van der Waals surface area contributed by atoms with Crippen molar-refractivity contribution in [1.29, 1.82) is 0 Å². The van der Waals surface area contributed by atoms with Crippen molar-refractivity contribution in [3.8, 4) is 0 Å². The first-order chi connectivity index (χ1) is 7.56. The molecule has 0 aliphatic carbocycles. The third kappa shape index (κ3) is 2.29. The average molecular weight is 222 g/mol. The molecule has 1 aliphatic rings. The second-order valence-electron chi connectivity index (χ2n) is 5.06. The van der Waals surface area contributed by atoms with E-state index in [1.54, 1.807) is 12.1 Å². The molecule has 88 valence electrons. The summed E-state index contributed by atoms with van der Waals surface area (Å²) in [6.45, 7) is 6.51. The van der Waals surface area contributed by atoms with Gasteiger partial charge in [-0.2, -0.15) is 0 Å². The molecule has 2 unspecified atom stereocenters. The fourth-order valence-electron chi connectivity index (χ4n) is 2.59. The highest BCUT2D eigenvalue weighted by Crippen LogP contribution is 2.27. The number of piperidine rings is 1. The highest BCUT2D eigenvalue weighted by atomic mass is 19.1. The maximum atomic E-state index is 13.4. The Morgan fingerprint density at radius 1 is 1.25 bits per heavy atom. The van der Waals surface area contributed by atoms with E-state index >= 15 is 0 Å². The molecule has 1 aromatic rings. The minimum atomic E-state index is -0.316. The molecule has 0 amide bonds. The molecule has 1 heterocycles. The van der Waals surface area contributed by atoms with E-state index < -0.39 is 0 Å². The summed E-state index contributed by atoms with van der Waals surface area (Å²) in [5.74, 6) is 1.03. The summed E-state index contributed by atoms with van der Waals surface area (Å²) in [6.07, 6.45) is 1.26. The van der Waals surface area contributed by atoms with Crippen molar-refractivity contribution in [2.45, 2.75) is 20.3 Å². The third-order valence-electron chi connectivity index (χ3n) is 3.22. The van der Waals surface area contributed by atoms with Gasteiger partial charge in [0.25, 0.3) is 0 Å². The van der Waals surface area contributed by atoms with Gasteiger partial charge in [0.05, 0.1) is 5.69 Å². The zero-order valence-electron chi connectivity index (χ0n) is 9.91. The Labute approximate surface area is 96.2 Å². The zero-order valence-corrected chi connectivity index (χ0v) is 9.91. The standard InChI is InChI=1S/C13H19FN2/c1-9-5-10(2)8-16(7-9)11-3-4-13(15)12(14)6-11/h3-4,6,9-10H,5,7-8,15H2,1-2H3. The van der Waals surface area contributed by atoms with E-state index in [2.05, 4.69) is 18.7 Å². The Hall–Kier alpha value is -1.25. The lowest BCUT2D eigenvalue weighted by Gasteiger charge is -2.36. The highest BCUT2D eigenvalue weighted by molar-refractivity contribution is 5.54. The van der Waals surface area contributed by atoms with Crippen LogP contribution in [0.1, 0.15) is 20.3 Å². The van der Waals surface area contributed by atoms with Crippen molar-refractivity contribution in [2.24, 2.45) is 11.8 Å². The van der Waals surface area contributed by atoms with Crippen molar-refractivity contribution in [1.82, 2.24) is 0 Å². The molecule has 0 spiro atoms. The van der Waals surface area contributed by atoms with Crippen LogP contribution in [0.4, 0.5) is 15.8 Å². The van der Waals surface area contributed by atoms with E-state index in [0.29, 0.717) is 11.8 Å². The molecule has 1 aliphatic heterocycles. The lowest BCUT2D eigenvalue weighted by atomic mass is 9.91. The summed E-state index contributed by atoms with van der Waals surface area (Å²) in [5, 5.41) is 0. The SMILES string of the molecule is CC1CC(C)CN(c2ccc(N)c(F)c2)C1. The van der Waals surface area contributed by atoms with E-state index in [4.69, 9.17) is 5.73 Å². The minimum Gasteiger partial charge on any atom is -0.396 e. The van der Waals surface area contributed by atoms with E-state index in [0.717, 1.165) is 18.8 Å². The monoisotopic (exact) mass is 222 g/mol. The number of benzene rings is 1. The summed E-state index contributed by atoms with van der Waals surface area (Å²) >= 11 is 0. The summed E-state index contributed by atoms with van der Waals surface area (Å²) in [5.41, 5.74) is 6.65. The number of halogens is 1. The summed E-state index contributed by atoms with van der Waals surface area (Å²) in [7, 11) is 0. The molecule has 0 saturated carbocycles. The molecule has 0 bridgehead atoms. The lowest BCUT2D eigenvalue weighted by Crippen LogP contribution is -2.38. The second-order valence-corrected chi connectivity index (χ2v) is 5.06. The Morgan fingerprint density at radius 3 is 2.44 bits per heavy atom. The van der Waals surface area contributed by atoms with Gasteiger partial charge in [0, 0.05) is 18.8 Å². The number of nitrogens with two attached hydrogens (primary N) is 1. The molecule has 0 radical (unpaired) electrons. The molecular formula is C13H19FN2. The molecule has 1 aromatic carbocycles.